The third-order valence-electron chi connectivity index (χ3n) is 5.49. The van der Waals surface area contributed by atoms with Gasteiger partial charge in [-0.15, -0.1) is 12.4 Å². The minimum Gasteiger partial charge on any atom is -0.356 e. The summed E-state index contributed by atoms with van der Waals surface area (Å²) in [5.41, 5.74) is 1.71. The van der Waals surface area contributed by atoms with Crippen LogP contribution in [-0.2, 0) is 0 Å². The van der Waals surface area contributed by atoms with Crippen molar-refractivity contribution in [2.45, 2.75) is 18.9 Å². The monoisotopic (exact) mass is 413 g/mol. The Bertz CT molecular complexity index is 1000. The van der Waals surface area contributed by atoms with Gasteiger partial charge in [0.05, 0.1) is 10.4 Å². The Hall–Kier alpha value is -2.77. The fourth-order valence-electron chi connectivity index (χ4n) is 3.75. The molecule has 1 aliphatic rings. The molecular weight excluding hydrogens is 390 g/mol. The third-order valence-corrected chi connectivity index (χ3v) is 5.49. The van der Waals surface area contributed by atoms with Gasteiger partial charge >= 0.3 is 0 Å². The number of para-hydroxylation sites is 1. The zero-order valence-electron chi connectivity index (χ0n) is 16.5. The van der Waals surface area contributed by atoms with E-state index in [1.807, 2.05) is 18.2 Å². The fraction of sp³-hybridized carbons (Fsp3) is 0.333. The van der Waals surface area contributed by atoms with Gasteiger partial charge < -0.3 is 9.80 Å². The normalized spacial score (nSPS) is 15.1. The number of likely N-dealkylation sites (tertiary alicyclic amines) is 1. The molecule has 1 aliphatic heterocycles. The summed E-state index contributed by atoms with van der Waals surface area (Å²) in [6, 6.07) is 14.8. The molecule has 3 aromatic rings. The van der Waals surface area contributed by atoms with E-state index in [9.17, 15) is 10.1 Å². The Labute approximate surface area is 175 Å². The average molecular weight is 414 g/mol. The zero-order valence-corrected chi connectivity index (χ0v) is 17.3. The fourth-order valence-corrected chi connectivity index (χ4v) is 3.75. The Morgan fingerprint density at radius 2 is 1.72 bits per heavy atom. The number of fused-ring (bicyclic) bond motifs is 1. The number of non-ortho nitro benzene ring substituents is 1. The van der Waals surface area contributed by atoms with Crippen molar-refractivity contribution in [2.75, 3.05) is 32.1 Å². The van der Waals surface area contributed by atoms with E-state index in [0.717, 1.165) is 48.2 Å². The van der Waals surface area contributed by atoms with Crippen LogP contribution in [0.5, 0.6) is 0 Å². The number of nitrogens with zero attached hydrogens (tertiary/aromatic N) is 5. The van der Waals surface area contributed by atoms with Crippen LogP contribution in [-0.4, -0.2) is 53.0 Å². The lowest BCUT2D eigenvalue weighted by molar-refractivity contribution is -0.384. The molecule has 8 heteroatoms. The molecule has 0 amide bonds. The van der Waals surface area contributed by atoms with Gasteiger partial charge in [0, 0.05) is 36.2 Å². The van der Waals surface area contributed by atoms with Crippen LogP contribution in [0.2, 0.25) is 0 Å². The van der Waals surface area contributed by atoms with Crippen LogP contribution in [0.25, 0.3) is 22.3 Å². The molecular formula is C21H24ClN5O2. The number of nitro groups is 1. The van der Waals surface area contributed by atoms with Crippen LogP contribution in [0.3, 0.4) is 0 Å². The summed E-state index contributed by atoms with van der Waals surface area (Å²) in [6.45, 7) is 2.15. The minimum atomic E-state index is -0.398. The number of aromatic nitrogens is 2. The molecule has 0 atom stereocenters. The zero-order chi connectivity index (χ0) is 19.7. The second-order valence-corrected chi connectivity index (χ2v) is 7.34. The number of rotatable bonds is 4. The van der Waals surface area contributed by atoms with Crippen molar-refractivity contribution < 1.29 is 4.92 Å². The van der Waals surface area contributed by atoms with Crippen LogP contribution in [0, 0.1) is 10.1 Å². The van der Waals surface area contributed by atoms with E-state index in [1.165, 1.54) is 12.1 Å². The lowest BCUT2D eigenvalue weighted by atomic mass is 10.0. The van der Waals surface area contributed by atoms with E-state index in [1.54, 1.807) is 12.1 Å². The number of hydrogen-bond acceptors (Lipinski definition) is 6. The topological polar surface area (TPSA) is 75.4 Å². The highest BCUT2D eigenvalue weighted by Gasteiger charge is 2.23. The van der Waals surface area contributed by atoms with Crippen LogP contribution in [0.4, 0.5) is 11.5 Å². The van der Waals surface area contributed by atoms with Crippen molar-refractivity contribution in [1.29, 1.82) is 0 Å². The maximum absolute atomic E-state index is 10.9. The van der Waals surface area contributed by atoms with Gasteiger partial charge in [-0.1, -0.05) is 12.1 Å². The van der Waals surface area contributed by atoms with Gasteiger partial charge in [0.15, 0.2) is 5.82 Å². The van der Waals surface area contributed by atoms with Crippen LogP contribution in [0.15, 0.2) is 48.5 Å². The van der Waals surface area contributed by atoms with Crippen molar-refractivity contribution in [2.24, 2.45) is 0 Å². The molecule has 152 valence electrons. The predicted octanol–water partition coefficient (Wildman–Crippen LogP) is 4.16. The Kier molecular flexibility index (Phi) is 6.30. The highest BCUT2D eigenvalue weighted by Crippen LogP contribution is 2.30. The van der Waals surface area contributed by atoms with Crippen molar-refractivity contribution in [1.82, 2.24) is 14.9 Å². The van der Waals surface area contributed by atoms with E-state index in [2.05, 4.69) is 30.0 Å². The van der Waals surface area contributed by atoms with E-state index < -0.39 is 4.92 Å². The van der Waals surface area contributed by atoms with Gasteiger partial charge in [-0.3, -0.25) is 10.1 Å². The van der Waals surface area contributed by atoms with Gasteiger partial charge in [-0.2, -0.15) is 0 Å². The number of benzene rings is 2. The Morgan fingerprint density at radius 1 is 1.07 bits per heavy atom. The summed E-state index contributed by atoms with van der Waals surface area (Å²) in [4.78, 5) is 24.7. The highest BCUT2D eigenvalue weighted by atomic mass is 35.5. The molecule has 0 radical (unpaired) electrons. The quantitative estimate of drug-likeness (QED) is 0.472. The van der Waals surface area contributed by atoms with Crippen molar-refractivity contribution in [3.8, 4) is 11.4 Å². The van der Waals surface area contributed by atoms with Crippen molar-refractivity contribution in [3.63, 3.8) is 0 Å². The van der Waals surface area contributed by atoms with Crippen molar-refractivity contribution >= 4 is 34.8 Å². The summed E-state index contributed by atoms with van der Waals surface area (Å²) < 4.78 is 0. The Balaban J connectivity index is 0.00000240. The molecule has 0 unspecified atom stereocenters. The van der Waals surface area contributed by atoms with E-state index >= 15 is 0 Å². The SMILES string of the molecule is CN1CCC(N(C)c2nc(-c3ccc([N+](=O)[O-])cc3)nc3ccccc23)CC1.Cl. The first kappa shape index (κ1) is 21.0. The van der Waals surface area contributed by atoms with Gasteiger partial charge in [0.25, 0.3) is 5.69 Å². The molecule has 29 heavy (non-hydrogen) atoms. The lowest BCUT2D eigenvalue weighted by Gasteiger charge is -2.36. The standard InChI is InChI=1S/C21H23N5O2.ClH/c1-24-13-11-16(12-14-24)25(2)21-18-5-3-4-6-19(18)22-20(23-21)15-7-9-17(10-8-15)26(27)28;/h3-10,16H,11-14H2,1-2H3;1H. The first-order valence-electron chi connectivity index (χ1n) is 9.46. The van der Waals surface area contributed by atoms with Gasteiger partial charge in [0.2, 0.25) is 0 Å². The summed E-state index contributed by atoms with van der Waals surface area (Å²) in [7, 11) is 4.26. The maximum Gasteiger partial charge on any atom is 0.269 e. The lowest BCUT2D eigenvalue weighted by Crippen LogP contribution is -2.42. The molecule has 0 spiro atoms. The smallest absolute Gasteiger partial charge is 0.269 e. The van der Waals surface area contributed by atoms with E-state index in [-0.39, 0.29) is 18.1 Å². The number of nitro benzene ring substituents is 1. The molecule has 0 bridgehead atoms. The van der Waals surface area contributed by atoms with Crippen LogP contribution >= 0.6 is 12.4 Å². The summed E-state index contributed by atoms with van der Waals surface area (Å²) >= 11 is 0. The number of halogens is 1. The Morgan fingerprint density at radius 3 is 2.38 bits per heavy atom. The van der Waals surface area contributed by atoms with E-state index in [0.29, 0.717) is 11.9 Å². The van der Waals surface area contributed by atoms with Crippen LogP contribution < -0.4 is 4.90 Å². The van der Waals surface area contributed by atoms with Crippen molar-refractivity contribution in [3.05, 3.63) is 58.6 Å². The molecule has 2 aromatic carbocycles. The van der Waals surface area contributed by atoms with Gasteiger partial charge in [-0.05, 0) is 57.2 Å². The molecule has 0 saturated carbocycles. The molecule has 1 saturated heterocycles. The minimum absolute atomic E-state index is 0. The predicted molar refractivity (Wildman–Crippen MR) is 118 cm³/mol. The van der Waals surface area contributed by atoms with Gasteiger partial charge in [-0.25, -0.2) is 9.97 Å². The summed E-state index contributed by atoms with van der Waals surface area (Å²) in [6.07, 6.45) is 2.19. The van der Waals surface area contributed by atoms with Gasteiger partial charge in [0.1, 0.15) is 5.82 Å². The second kappa shape index (κ2) is 8.71. The maximum atomic E-state index is 10.9. The summed E-state index contributed by atoms with van der Waals surface area (Å²) in [5.74, 6) is 1.50. The van der Waals surface area contributed by atoms with E-state index in [4.69, 9.17) is 9.97 Å². The first-order chi connectivity index (χ1) is 13.5. The molecule has 1 aromatic heterocycles. The second-order valence-electron chi connectivity index (χ2n) is 7.34. The molecule has 2 heterocycles. The third kappa shape index (κ3) is 4.31. The molecule has 7 nitrogen and oxygen atoms in total. The molecule has 0 aliphatic carbocycles. The largest absolute Gasteiger partial charge is 0.356 e. The number of anilines is 1. The van der Waals surface area contributed by atoms with Crippen LogP contribution in [0.1, 0.15) is 12.8 Å². The average Bonchev–Trinajstić information content (AvgIpc) is 2.73. The molecule has 0 N–H and O–H groups in total. The first-order valence-corrected chi connectivity index (χ1v) is 9.46. The number of piperidine rings is 1. The molecule has 4 rings (SSSR count). The number of hydrogen-bond donors (Lipinski definition) is 0. The summed E-state index contributed by atoms with van der Waals surface area (Å²) in [5, 5.41) is 12.0. The highest BCUT2D eigenvalue weighted by molar-refractivity contribution is 5.91. The molecule has 1 fully saturated rings.